The maximum atomic E-state index is 13.6. The number of nitrogens with zero attached hydrogens (tertiary/aromatic N) is 2. The Labute approximate surface area is 201 Å². The highest BCUT2D eigenvalue weighted by Gasteiger charge is 2.25. The SMILES string of the molecule is CC(=O)N[C@@H](CC(=O)N(Cc1ccc(F)cc1)c1nc(-c2ccccc2)cs1)c1ccccc1. The molecule has 0 fully saturated rings. The van der Waals surface area contributed by atoms with Crippen LogP contribution in [0.3, 0.4) is 0 Å². The van der Waals surface area contributed by atoms with E-state index in [-0.39, 0.29) is 30.6 Å². The minimum Gasteiger partial charge on any atom is -0.349 e. The Morgan fingerprint density at radius 1 is 0.971 bits per heavy atom. The van der Waals surface area contributed by atoms with Gasteiger partial charge in [-0.05, 0) is 23.3 Å². The van der Waals surface area contributed by atoms with Crippen LogP contribution in [0.25, 0.3) is 11.3 Å². The Morgan fingerprint density at radius 3 is 2.26 bits per heavy atom. The van der Waals surface area contributed by atoms with E-state index in [2.05, 4.69) is 5.32 Å². The average molecular weight is 474 g/mol. The van der Waals surface area contributed by atoms with Crippen LogP contribution in [0.1, 0.15) is 30.5 Å². The minimum atomic E-state index is -0.476. The second kappa shape index (κ2) is 10.9. The smallest absolute Gasteiger partial charge is 0.231 e. The van der Waals surface area contributed by atoms with Crippen molar-refractivity contribution in [3.8, 4) is 11.3 Å². The molecular weight excluding hydrogens is 449 g/mol. The van der Waals surface area contributed by atoms with Crippen LogP contribution in [0.4, 0.5) is 9.52 Å². The van der Waals surface area contributed by atoms with E-state index >= 15 is 0 Å². The molecule has 0 radical (unpaired) electrons. The van der Waals surface area contributed by atoms with Crippen LogP contribution in [-0.2, 0) is 16.1 Å². The molecule has 1 aromatic heterocycles. The van der Waals surface area contributed by atoms with Crippen LogP contribution in [0.2, 0.25) is 0 Å². The second-order valence-corrected chi connectivity index (χ2v) is 8.69. The highest BCUT2D eigenvalue weighted by atomic mass is 32.1. The summed E-state index contributed by atoms with van der Waals surface area (Å²) in [5.74, 6) is -0.745. The van der Waals surface area contributed by atoms with E-state index in [0.29, 0.717) is 5.13 Å². The summed E-state index contributed by atoms with van der Waals surface area (Å²) >= 11 is 1.37. The molecule has 1 N–H and O–H groups in total. The number of carbonyl (C=O) groups is 2. The lowest BCUT2D eigenvalue weighted by Crippen LogP contribution is -2.35. The topological polar surface area (TPSA) is 62.3 Å². The van der Waals surface area contributed by atoms with E-state index in [1.807, 2.05) is 66.0 Å². The molecule has 7 heteroatoms. The van der Waals surface area contributed by atoms with Crippen molar-refractivity contribution >= 4 is 28.3 Å². The quantitative estimate of drug-likeness (QED) is 0.354. The van der Waals surface area contributed by atoms with E-state index in [1.54, 1.807) is 17.0 Å². The van der Waals surface area contributed by atoms with Crippen LogP contribution in [0, 0.1) is 5.82 Å². The van der Waals surface area contributed by atoms with Crippen molar-refractivity contribution in [3.63, 3.8) is 0 Å². The van der Waals surface area contributed by atoms with Crippen molar-refractivity contribution in [2.24, 2.45) is 0 Å². The van der Waals surface area contributed by atoms with Crippen LogP contribution in [0.15, 0.2) is 90.3 Å². The molecule has 3 aromatic carbocycles. The second-order valence-electron chi connectivity index (χ2n) is 7.86. The summed E-state index contributed by atoms with van der Waals surface area (Å²) in [7, 11) is 0. The molecule has 0 bridgehead atoms. The summed E-state index contributed by atoms with van der Waals surface area (Å²) in [4.78, 5) is 31.8. The standard InChI is InChI=1S/C27H24FN3O2S/c1-19(32)29-24(21-8-4-2-5-9-21)16-26(33)31(17-20-12-14-23(28)15-13-20)27-30-25(18-34-27)22-10-6-3-7-11-22/h2-15,18,24H,16-17H2,1H3,(H,29,32)/t24-/m0/s1. The Kier molecular flexibility index (Phi) is 7.44. The lowest BCUT2D eigenvalue weighted by Gasteiger charge is -2.24. The Bertz CT molecular complexity index is 1240. The fourth-order valence-corrected chi connectivity index (χ4v) is 4.48. The third-order valence-corrected chi connectivity index (χ3v) is 6.17. The van der Waals surface area contributed by atoms with Crippen molar-refractivity contribution < 1.29 is 14.0 Å². The number of hydrogen-bond donors (Lipinski definition) is 1. The van der Waals surface area contributed by atoms with Gasteiger partial charge in [0.1, 0.15) is 5.82 Å². The number of rotatable bonds is 8. The zero-order valence-corrected chi connectivity index (χ0v) is 19.5. The summed E-state index contributed by atoms with van der Waals surface area (Å²) in [6, 6.07) is 24.7. The van der Waals surface area contributed by atoms with Gasteiger partial charge in [0.05, 0.1) is 24.7 Å². The number of aromatic nitrogens is 1. The summed E-state index contributed by atoms with van der Waals surface area (Å²) in [6.45, 7) is 1.67. The molecule has 0 saturated carbocycles. The van der Waals surface area contributed by atoms with Crippen LogP contribution < -0.4 is 10.2 Å². The fourth-order valence-electron chi connectivity index (χ4n) is 3.63. The highest BCUT2D eigenvalue weighted by molar-refractivity contribution is 7.14. The van der Waals surface area contributed by atoms with Gasteiger partial charge in [0.15, 0.2) is 5.13 Å². The van der Waals surface area contributed by atoms with Gasteiger partial charge in [-0.3, -0.25) is 14.5 Å². The van der Waals surface area contributed by atoms with Gasteiger partial charge in [0.25, 0.3) is 0 Å². The highest BCUT2D eigenvalue weighted by Crippen LogP contribution is 2.30. The molecule has 1 atom stereocenters. The van der Waals surface area contributed by atoms with Gasteiger partial charge < -0.3 is 5.32 Å². The summed E-state index contributed by atoms with van der Waals surface area (Å²) in [6.07, 6.45) is 0.0606. The molecule has 4 aromatic rings. The summed E-state index contributed by atoms with van der Waals surface area (Å²) in [5.41, 5.74) is 3.36. The molecule has 2 amide bonds. The number of carbonyl (C=O) groups excluding carboxylic acids is 2. The van der Waals surface area contributed by atoms with Gasteiger partial charge in [-0.1, -0.05) is 72.8 Å². The average Bonchev–Trinajstić information content (AvgIpc) is 3.34. The molecule has 0 spiro atoms. The molecule has 5 nitrogen and oxygen atoms in total. The molecule has 0 unspecified atom stereocenters. The number of benzene rings is 3. The molecule has 172 valence electrons. The van der Waals surface area contributed by atoms with Gasteiger partial charge in [0, 0.05) is 17.9 Å². The maximum Gasteiger partial charge on any atom is 0.231 e. The lowest BCUT2D eigenvalue weighted by molar-refractivity contribution is -0.121. The zero-order chi connectivity index (χ0) is 23.9. The molecule has 1 heterocycles. The maximum absolute atomic E-state index is 13.6. The van der Waals surface area contributed by atoms with Gasteiger partial charge in [0.2, 0.25) is 11.8 Å². The molecule has 0 aliphatic carbocycles. The molecule has 0 saturated heterocycles. The first-order valence-corrected chi connectivity index (χ1v) is 11.8. The third kappa shape index (κ3) is 5.94. The summed E-state index contributed by atoms with van der Waals surface area (Å²) < 4.78 is 13.4. The predicted molar refractivity (Wildman–Crippen MR) is 133 cm³/mol. The first-order valence-electron chi connectivity index (χ1n) is 10.9. The number of hydrogen-bond acceptors (Lipinski definition) is 4. The van der Waals surface area contributed by atoms with Crippen molar-refractivity contribution in [2.75, 3.05) is 4.90 Å². The predicted octanol–water partition coefficient (Wildman–Crippen LogP) is 5.75. The number of thiazole rings is 1. The van der Waals surface area contributed by atoms with E-state index < -0.39 is 6.04 Å². The van der Waals surface area contributed by atoms with Gasteiger partial charge in [-0.15, -0.1) is 11.3 Å². The Hall–Kier alpha value is -3.84. The molecule has 34 heavy (non-hydrogen) atoms. The van der Waals surface area contributed by atoms with E-state index in [1.165, 1.54) is 30.4 Å². The van der Waals surface area contributed by atoms with E-state index in [4.69, 9.17) is 4.98 Å². The van der Waals surface area contributed by atoms with Crippen LogP contribution in [0.5, 0.6) is 0 Å². The van der Waals surface area contributed by atoms with Gasteiger partial charge in [-0.2, -0.15) is 0 Å². The van der Waals surface area contributed by atoms with Crippen LogP contribution in [-0.4, -0.2) is 16.8 Å². The molecular formula is C27H24FN3O2S. The fraction of sp³-hybridized carbons (Fsp3) is 0.148. The Morgan fingerprint density at radius 2 is 1.62 bits per heavy atom. The zero-order valence-electron chi connectivity index (χ0n) is 18.6. The van der Waals surface area contributed by atoms with E-state index in [0.717, 1.165) is 22.4 Å². The van der Waals surface area contributed by atoms with E-state index in [9.17, 15) is 14.0 Å². The third-order valence-electron chi connectivity index (χ3n) is 5.31. The number of amides is 2. The van der Waals surface area contributed by atoms with Crippen molar-refractivity contribution in [1.82, 2.24) is 10.3 Å². The Balaban J connectivity index is 1.64. The van der Waals surface area contributed by atoms with Crippen molar-refractivity contribution in [1.29, 1.82) is 0 Å². The van der Waals surface area contributed by atoms with Crippen molar-refractivity contribution in [3.05, 3.63) is 107 Å². The number of nitrogens with one attached hydrogen (secondary N) is 1. The largest absolute Gasteiger partial charge is 0.349 e. The molecule has 0 aliphatic rings. The lowest BCUT2D eigenvalue weighted by atomic mass is 10.0. The number of halogens is 1. The number of anilines is 1. The monoisotopic (exact) mass is 473 g/mol. The molecule has 4 rings (SSSR count). The summed E-state index contributed by atoms with van der Waals surface area (Å²) in [5, 5.41) is 5.34. The normalized spacial score (nSPS) is 11.6. The first-order chi connectivity index (χ1) is 16.5. The first kappa shape index (κ1) is 23.3. The van der Waals surface area contributed by atoms with Crippen molar-refractivity contribution in [2.45, 2.75) is 25.9 Å². The van der Waals surface area contributed by atoms with Gasteiger partial charge >= 0.3 is 0 Å². The minimum absolute atomic E-state index is 0.0606. The van der Waals surface area contributed by atoms with Crippen LogP contribution >= 0.6 is 11.3 Å². The molecule has 0 aliphatic heterocycles. The van der Waals surface area contributed by atoms with Gasteiger partial charge in [-0.25, -0.2) is 9.37 Å².